The van der Waals surface area contributed by atoms with Crippen molar-refractivity contribution in [2.45, 2.75) is 51.0 Å². The Kier molecular flexibility index (Phi) is 4.72. The zero-order valence-electron chi connectivity index (χ0n) is 17.2. The van der Waals surface area contributed by atoms with E-state index in [1.165, 1.54) is 11.1 Å². The molecular weight excluding hydrogens is 387 g/mol. The zero-order chi connectivity index (χ0) is 20.9. The molecule has 9 heteroatoms. The third-order valence-electron chi connectivity index (χ3n) is 7.17. The number of likely N-dealkylation sites (tertiary alicyclic amines) is 2. The molecule has 2 saturated heterocycles. The molecule has 3 fully saturated rings. The lowest BCUT2D eigenvalue weighted by Gasteiger charge is -2.47. The second-order valence-corrected chi connectivity index (χ2v) is 9.22. The molecule has 2 aliphatic heterocycles. The second-order valence-electron chi connectivity index (χ2n) is 9.22. The van der Waals surface area contributed by atoms with Gasteiger partial charge in [0.1, 0.15) is 5.82 Å². The fraction of sp³-hybridized carbons (Fsp3) is 0.619. The summed E-state index contributed by atoms with van der Waals surface area (Å²) in [5.74, 6) is 0.586. The minimum Gasteiger partial charge on any atom is -0.465 e. The molecule has 1 saturated carbocycles. The predicted octanol–water partition coefficient (Wildman–Crippen LogP) is 2.82. The standard InChI is InChI=1S/C21H27FN6O2/c1-14-11-28(25-24-14)19-18(8-16(22)10-23-19)15-3-6-26(7-4-15)17-2-5-21(9-17)12-27(13-21)20(29)30/h8,10-11,15,17H,2-7,9,12-13H2,1H3,(H,29,30). The highest BCUT2D eigenvalue weighted by Gasteiger charge is 2.51. The number of halogens is 1. The number of carboxylic acid groups (broad SMARTS) is 1. The first-order chi connectivity index (χ1) is 14.4. The molecule has 5 rings (SSSR count). The average molecular weight is 414 g/mol. The van der Waals surface area contributed by atoms with Gasteiger partial charge in [-0.15, -0.1) is 5.10 Å². The van der Waals surface area contributed by atoms with Gasteiger partial charge >= 0.3 is 6.09 Å². The normalized spacial score (nSPS) is 24.3. The topological polar surface area (TPSA) is 87.4 Å². The molecule has 3 aliphatic rings. The summed E-state index contributed by atoms with van der Waals surface area (Å²) in [5, 5.41) is 17.3. The number of piperidine rings is 1. The largest absolute Gasteiger partial charge is 0.465 e. The van der Waals surface area contributed by atoms with Crippen LogP contribution in [0.1, 0.15) is 49.3 Å². The van der Waals surface area contributed by atoms with E-state index in [0.717, 1.165) is 56.5 Å². The van der Waals surface area contributed by atoms with Crippen molar-refractivity contribution >= 4 is 6.09 Å². The number of pyridine rings is 1. The Morgan fingerprint density at radius 2 is 2.03 bits per heavy atom. The monoisotopic (exact) mass is 414 g/mol. The van der Waals surface area contributed by atoms with Crippen molar-refractivity contribution in [1.29, 1.82) is 0 Å². The fourth-order valence-corrected chi connectivity index (χ4v) is 5.64. The highest BCUT2D eigenvalue weighted by Crippen LogP contribution is 2.47. The molecule has 0 bridgehead atoms. The maximum absolute atomic E-state index is 14.0. The Balaban J connectivity index is 1.24. The van der Waals surface area contributed by atoms with Gasteiger partial charge in [0.05, 0.1) is 18.1 Å². The summed E-state index contributed by atoms with van der Waals surface area (Å²) in [6.07, 6.45) is 7.51. The van der Waals surface area contributed by atoms with Gasteiger partial charge in [0, 0.05) is 30.1 Å². The molecule has 1 aliphatic carbocycles. The molecule has 0 aromatic carbocycles. The van der Waals surface area contributed by atoms with Gasteiger partial charge in [-0.2, -0.15) is 0 Å². The molecule has 1 amide bonds. The summed E-state index contributed by atoms with van der Waals surface area (Å²) in [4.78, 5) is 19.5. The van der Waals surface area contributed by atoms with E-state index < -0.39 is 6.09 Å². The number of rotatable bonds is 3. The SMILES string of the molecule is Cc1cn(-c2ncc(F)cc2C2CCN(C3CCC4(C3)CN(C(=O)O)C4)CC2)nn1. The Morgan fingerprint density at radius 3 is 2.70 bits per heavy atom. The summed E-state index contributed by atoms with van der Waals surface area (Å²) in [5.41, 5.74) is 1.90. The molecule has 30 heavy (non-hydrogen) atoms. The Morgan fingerprint density at radius 1 is 1.27 bits per heavy atom. The number of amides is 1. The van der Waals surface area contributed by atoms with Crippen LogP contribution in [0.2, 0.25) is 0 Å². The van der Waals surface area contributed by atoms with Crippen molar-refractivity contribution < 1.29 is 14.3 Å². The van der Waals surface area contributed by atoms with Crippen molar-refractivity contribution in [2.75, 3.05) is 26.2 Å². The van der Waals surface area contributed by atoms with Gasteiger partial charge in [-0.25, -0.2) is 18.9 Å². The van der Waals surface area contributed by atoms with Crippen molar-refractivity contribution in [3.63, 3.8) is 0 Å². The third kappa shape index (κ3) is 3.45. The van der Waals surface area contributed by atoms with Crippen LogP contribution in [0.5, 0.6) is 0 Å². The quantitative estimate of drug-likeness (QED) is 0.831. The van der Waals surface area contributed by atoms with E-state index in [2.05, 4.69) is 20.2 Å². The van der Waals surface area contributed by atoms with Crippen LogP contribution in [0.3, 0.4) is 0 Å². The summed E-state index contributed by atoms with van der Waals surface area (Å²) < 4.78 is 15.6. The highest BCUT2D eigenvalue weighted by molar-refractivity contribution is 5.66. The van der Waals surface area contributed by atoms with E-state index in [0.29, 0.717) is 24.9 Å². The first-order valence-electron chi connectivity index (χ1n) is 10.7. The minimum absolute atomic E-state index is 0.199. The molecule has 1 atom stereocenters. The van der Waals surface area contributed by atoms with Gasteiger partial charge in [0.2, 0.25) is 0 Å². The Labute approximate surface area is 174 Å². The Bertz CT molecular complexity index is 949. The van der Waals surface area contributed by atoms with Crippen molar-refractivity contribution in [2.24, 2.45) is 5.41 Å². The van der Waals surface area contributed by atoms with E-state index in [9.17, 15) is 9.18 Å². The van der Waals surface area contributed by atoms with Gasteiger partial charge in [-0.1, -0.05) is 5.21 Å². The number of hydrogen-bond acceptors (Lipinski definition) is 5. The molecule has 4 heterocycles. The zero-order valence-corrected chi connectivity index (χ0v) is 17.2. The van der Waals surface area contributed by atoms with Crippen LogP contribution in [0.25, 0.3) is 5.82 Å². The first-order valence-corrected chi connectivity index (χ1v) is 10.7. The van der Waals surface area contributed by atoms with Crippen LogP contribution in [-0.2, 0) is 0 Å². The van der Waals surface area contributed by atoms with Gasteiger partial charge in [-0.05, 0) is 64.1 Å². The molecule has 0 radical (unpaired) electrons. The van der Waals surface area contributed by atoms with Gasteiger partial charge < -0.3 is 14.9 Å². The highest BCUT2D eigenvalue weighted by atomic mass is 19.1. The second kappa shape index (κ2) is 7.30. The lowest BCUT2D eigenvalue weighted by atomic mass is 9.78. The molecule has 1 unspecified atom stereocenters. The molecule has 2 aromatic rings. The number of aryl methyl sites for hydroxylation is 1. The average Bonchev–Trinajstić information content (AvgIpc) is 3.34. The molecule has 8 nitrogen and oxygen atoms in total. The lowest BCUT2D eigenvalue weighted by Crippen LogP contribution is -2.57. The number of carbonyl (C=O) groups is 1. The van der Waals surface area contributed by atoms with Gasteiger partial charge in [0.15, 0.2) is 5.82 Å². The summed E-state index contributed by atoms with van der Waals surface area (Å²) >= 11 is 0. The molecule has 2 aromatic heterocycles. The maximum atomic E-state index is 14.0. The van der Waals surface area contributed by atoms with E-state index >= 15 is 0 Å². The van der Waals surface area contributed by atoms with E-state index in [-0.39, 0.29) is 17.2 Å². The first kappa shape index (κ1) is 19.4. The molecular formula is C21H27FN6O2. The summed E-state index contributed by atoms with van der Waals surface area (Å²) in [6, 6.07) is 2.13. The number of aromatic nitrogens is 4. The smallest absolute Gasteiger partial charge is 0.407 e. The summed E-state index contributed by atoms with van der Waals surface area (Å²) in [6.45, 7) is 5.19. The van der Waals surface area contributed by atoms with E-state index in [4.69, 9.17) is 5.11 Å². The van der Waals surface area contributed by atoms with Crippen LogP contribution in [0.4, 0.5) is 9.18 Å². The van der Waals surface area contributed by atoms with Crippen LogP contribution in [0.15, 0.2) is 18.5 Å². The predicted molar refractivity (Wildman–Crippen MR) is 107 cm³/mol. The molecule has 160 valence electrons. The lowest BCUT2D eigenvalue weighted by molar-refractivity contribution is 0.00814. The Hall–Kier alpha value is -2.55. The number of hydrogen-bond donors (Lipinski definition) is 1. The van der Waals surface area contributed by atoms with Crippen LogP contribution in [0, 0.1) is 18.2 Å². The third-order valence-corrected chi connectivity index (χ3v) is 7.17. The van der Waals surface area contributed by atoms with Gasteiger partial charge in [0.25, 0.3) is 0 Å². The van der Waals surface area contributed by atoms with E-state index in [1.807, 2.05) is 13.1 Å². The number of nitrogens with zero attached hydrogens (tertiary/aromatic N) is 6. The van der Waals surface area contributed by atoms with E-state index in [1.54, 1.807) is 10.7 Å². The minimum atomic E-state index is -0.799. The van der Waals surface area contributed by atoms with Crippen molar-refractivity contribution in [3.05, 3.63) is 35.5 Å². The van der Waals surface area contributed by atoms with Crippen LogP contribution in [-0.4, -0.2) is 73.2 Å². The maximum Gasteiger partial charge on any atom is 0.407 e. The van der Waals surface area contributed by atoms with Gasteiger partial charge in [-0.3, -0.25) is 0 Å². The summed E-state index contributed by atoms with van der Waals surface area (Å²) in [7, 11) is 0. The van der Waals surface area contributed by atoms with Crippen molar-refractivity contribution in [1.82, 2.24) is 29.8 Å². The van der Waals surface area contributed by atoms with Crippen LogP contribution < -0.4 is 0 Å². The molecule has 1 N–H and O–H groups in total. The van der Waals surface area contributed by atoms with Crippen LogP contribution >= 0.6 is 0 Å². The fourth-order valence-electron chi connectivity index (χ4n) is 5.64. The van der Waals surface area contributed by atoms with Crippen molar-refractivity contribution in [3.8, 4) is 5.82 Å². The molecule has 1 spiro atoms.